The highest BCUT2D eigenvalue weighted by molar-refractivity contribution is 7.93. The molecule has 29 heavy (non-hydrogen) atoms. The van der Waals surface area contributed by atoms with E-state index in [-0.39, 0.29) is 5.75 Å². The lowest BCUT2D eigenvalue weighted by molar-refractivity contribution is -0.136. The maximum Gasteiger partial charge on any atom is 0.313 e. The summed E-state index contributed by atoms with van der Waals surface area (Å²) in [5.74, 6) is -1.33. The fraction of sp³-hybridized carbons (Fsp3) is 0.579. The fourth-order valence-corrected chi connectivity index (χ4v) is 5.07. The molecule has 2 saturated heterocycles. The first-order valence-electron chi connectivity index (χ1n) is 9.96. The number of piperazine rings is 1. The van der Waals surface area contributed by atoms with Crippen LogP contribution < -0.4 is 14.9 Å². The standard InChI is InChI=1S/C19H29N5O4S/c1-22-10-12-23(13-11-22)8-3-7-20-18(25)19(26)21-16-5-2-6-17(15-16)24-9-4-14-29(24,27)28/h2,5-6,15H,3-4,7-14H2,1H3,(H,20,25)(H,21,26). The summed E-state index contributed by atoms with van der Waals surface area (Å²) in [6, 6.07) is 6.54. The Balaban J connectivity index is 1.44. The lowest BCUT2D eigenvalue weighted by atomic mass is 10.2. The Morgan fingerprint density at radius 2 is 1.83 bits per heavy atom. The second-order valence-electron chi connectivity index (χ2n) is 7.50. The zero-order chi connectivity index (χ0) is 20.9. The quantitative estimate of drug-likeness (QED) is 0.490. The lowest BCUT2D eigenvalue weighted by Crippen LogP contribution is -2.45. The van der Waals surface area contributed by atoms with Crippen molar-refractivity contribution in [3.63, 3.8) is 0 Å². The van der Waals surface area contributed by atoms with Crippen molar-refractivity contribution >= 4 is 33.2 Å². The van der Waals surface area contributed by atoms with Crippen LogP contribution in [0, 0.1) is 0 Å². The summed E-state index contributed by atoms with van der Waals surface area (Å²) < 4.78 is 25.4. The zero-order valence-electron chi connectivity index (χ0n) is 16.8. The van der Waals surface area contributed by atoms with Crippen molar-refractivity contribution < 1.29 is 18.0 Å². The molecular formula is C19H29N5O4S. The molecule has 0 atom stereocenters. The number of nitrogens with one attached hydrogen (secondary N) is 2. The monoisotopic (exact) mass is 423 g/mol. The van der Waals surface area contributed by atoms with E-state index in [1.54, 1.807) is 24.3 Å². The Bertz CT molecular complexity index is 837. The molecule has 0 bridgehead atoms. The van der Waals surface area contributed by atoms with Gasteiger partial charge in [-0.3, -0.25) is 13.9 Å². The van der Waals surface area contributed by atoms with Crippen molar-refractivity contribution in [2.45, 2.75) is 12.8 Å². The molecule has 0 aromatic heterocycles. The van der Waals surface area contributed by atoms with E-state index in [9.17, 15) is 18.0 Å². The van der Waals surface area contributed by atoms with Crippen LogP contribution in [-0.2, 0) is 19.6 Å². The molecule has 10 heteroatoms. The third-order valence-corrected chi connectivity index (χ3v) is 7.10. The number of anilines is 2. The van der Waals surface area contributed by atoms with E-state index in [1.165, 1.54) is 4.31 Å². The Morgan fingerprint density at radius 3 is 2.52 bits per heavy atom. The maximum absolute atomic E-state index is 12.1. The van der Waals surface area contributed by atoms with Crippen molar-refractivity contribution in [3.05, 3.63) is 24.3 Å². The van der Waals surface area contributed by atoms with Gasteiger partial charge in [-0.2, -0.15) is 0 Å². The summed E-state index contributed by atoms with van der Waals surface area (Å²) in [6.45, 7) is 5.89. The minimum Gasteiger partial charge on any atom is -0.348 e. The largest absolute Gasteiger partial charge is 0.348 e. The van der Waals surface area contributed by atoms with Crippen LogP contribution in [0.4, 0.5) is 11.4 Å². The Kier molecular flexibility index (Phi) is 7.09. The van der Waals surface area contributed by atoms with Crippen LogP contribution in [0.25, 0.3) is 0 Å². The second kappa shape index (κ2) is 9.55. The number of carbonyl (C=O) groups is 2. The third-order valence-electron chi connectivity index (χ3n) is 5.23. The molecule has 0 aliphatic carbocycles. The fourth-order valence-electron chi connectivity index (χ4n) is 3.51. The third kappa shape index (κ3) is 5.91. The molecule has 2 fully saturated rings. The average molecular weight is 424 g/mol. The molecule has 2 heterocycles. The van der Waals surface area contributed by atoms with E-state index in [0.29, 0.717) is 30.9 Å². The molecule has 160 valence electrons. The van der Waals surface area contributed by atoms with E-state index in [0.717, 1.165) is 39.1 Å². The van der Waals surface area contributed by atoms with Crippen LogP contribution in [0.3, 0.4) is 0 Å². The van der Waals surface area contributed by atoms with E-state index in [2.05, 4.69) is 27.5 Å². The first-order valence-corrected chi connectivity index (χ1v) is 11.6. The molecule has 1 aromatic carbocycles. The van der Waals surface area contributed by atoms with Crippen molar-refractivity contribution in [2.75, 3.05) is 68.2 Å². The number of likely N-dealkylation sites (N-methyl/N-ethyl adjacent to an activating group) is 1. The molecule has 9 nitrogen and oxygen atoms in total. The normalized spacial score (nSPS) is 19.8. The number of hydrogen-bond donors (Lipinski definition) is 2. The predicted molar refractivity (Wildman–Crippen MR) is 112 cm³/mol. The van der Waals surface area contributed by atoms with E-state index in [1.807, 2.05) is 0 Å². The van der Waals surface area contributed by atoms with Crippen LogP contribution in [0.2, 0.25) is 0 Å². The zero-order valence-corrected chi connectivity index (χ0v) is 17.6. The van der Waals surface area contributed by atoms with Gasteiger partial charge in [0, 0.05) is 45.0 Å². The Labute approximate surface area is 172 Å². The number of amides is 2. The predicted octanol–water partition coefficient (Wildman–Crippen LogP) is -0.0813. The molecule has 2 aliphatic heterocycles. The van der Waals surface area contributed by atoms with Crippen LogP contribution >= 0.6 is 0 Å². The van der Waals surface area contributed by atoms with Gasteiger partial charge in [0.05, 0.1) is 11.4 Å². The van der Waals surface area contributed by atoms with Gasteiger partial charge in [-0.1, -0.05) is 6.07 Å². The number of carbonyl (C=O) groups excluding carboxylic acids is 2. The van der Waals surface area contributed by atoms with Crippen LogP contribution in [0.1, 0.15) is 12.8 Å². The molecule has 1 aromatic rings. The van der Waals surface area contributed by atoms with Gasteiger partial charge in [0.1, 0.15) is 0 Å². The van der Waals surface area contributed by atoms with Crippen molar-refractivity contribution in [1.29, 1.82) is 0 Å². The average Bonchev–Trinajstić information content (AvgIpc) is 3.05. The molecule has 2 N–H and O–H groups in total. The number of sulfonamides is 1. The molecule has 3 rings (SSSR count). The summed E-state index contributed by atoms with van der Waals surface area (Å²) in [7, 11) is -1.19. The smallest absolute Gasteiger partial charge is 0.313 e. The Morgan fingerprint density at radius 1 is 1.07 bits per heavy atom. The lowest BCUT2D eigenvalue weighted by Gasteiger charge is -2.32. The van der Waals surface area contributed by atoms with Gasteiger partial charge in [0.25, 0.3) is 0 Å². The topological polar surface area (TPSA) is 102 Å². The highest BCUT2D eigenvalue weighted by Gasteiger charge is 2.28. The number of hydrogen-bond acceptors (Lipinski definition) is 6. The Hall–Kier alpha value is -2.17. The summed E-state index contributed by atoms with van der Waals surface area (Å²) in [5.41, 5.74) is 0.884. The van der Waals surface area contributed by atoms with Crippen LogP contribution in [0.5, 0.6) is 0 Å². The molecule has 2 amide bonds. The second-order valence-corrected chi connectivity index (χ2v) is 9.51. The van der Waals surface area contributed by atoms with Gasteiger partial charge in [-0.25, -0.2) is 8.42 Å². The van der Waals surface area contributed by atoms with Crippen molar-refractivity contribution in [2.24, 2.45) is 0 Å². The number of benzene rings is 1. The maximum atomic E-state index is 12.1. The van der Waals surface area contributed by atoms with Crippen molar-refractivity contribution in [1.82, 2.24) is 15.1 Å². The number of rotatable bonds is 6. The summed E-state index contributed by atoms with van der Waals surface area (Å²) >= 11 is 0. The number of nitrogens with zero attached hydrogens (tertiary/aromatic N) is 3. The molecule has 0 radical (unpaired) electrons. The van der Waals surface area contributed by atoms with Crippen molar-refractivity contribution in [3.8, 4) is 0 Å². The molecule has 0 saturated carbocycles. The van der Waals surface area contributed by atoms with Crippen LogP contribution in [-0.4, -0.2) is 88.6 Å². The molecule has 2 aliphatic rings. The van der Waals surface area contributed by atoms with E-state index < -0.39 is 21.8 Å². The van der Waals surface area contributed by atoms with Gasteiger partial charge in [0.2, 0.25) is 10.0 Å². The van der Waals surface area contributed by atoms with Gasteiger partial charge >= 0.3 is 11.8 Å². The molecule has 0 unspecified atom stereocenters. The SMILES string of the molecule is CN1CCN(CCCNC(=O)C(=O)Nc2cccc(N3CCCS3(=O)=O)c2)CC1. The summed E-state index contributed by atoms with van der Waals surface area (Å²) in [4.78, 5) is 28.8. The van der Waals surface area contributed by atoms with Gasteiger partial charge < -0.3 is 20.4 Å². The van der Waals surface area contributed by atoms with Gasteiger partial charge in [-0.15, -0.1) is 0 Å². The molecule has 0 spiro atoms. The van der Waals surface area contributed by atoms with Gasteiger partial charge in [-0.05, 0) is 44.6 Å². The highest BCUT2D eigenvalue weighted by Crippen LogP contribution is 2.26. The first-order chi connectivity index (χ1) is 13.8. The first kappa shape index (κ1) is 21.5. The molecular weight excluding hydrogens is 394 g/mol. The summed E-state index contributed by atoms with van der Waals surface area (Å²) in [5, 5.41) is 5.18. The van der Waals surface area contributed by atoms with E-state index in [4.69, 9.17) is 0 Å². The minimum atomic E-state index is -3.29. The highest BCUT2D eigenvalue weighted by atomic mass is 32.2. The van der Waals surface area contributed by atoms with Crippen LogP contribution in [0.15, 0.2) is 24.3 Å². The summed E-state index contributed by atoms with van der Waals surface area (Å²) in [6.07, 6.45) is 1.36. The van der Waals surface area contributed by atoms with E-state index >= 15 is 0 Å². The minimum absolute atomic E-state index is 0.125. The van der Waals surface area contributed by atoms with Gasteiger partial charge in [0.15, 0.2) is 0 Å².